The lowest BCUT2D eigenvalue weighted by molar-refractivity contribution is 0.390. The monoisotopic (exact) mass is 259 g/mol. The summed E-state index contributed by atoms with van der Waals surface area (Å²) in [5.74, 6) is 1.22. The van der Waals surface area contributed by atoms with Crippen LogP contribution in [0.3, 0.4) is 0 Å². The van der Waals surface area contributed by atoms with E-state index in [-0.39, 0.29) is 0 Å². The number of hydrogen-bond donors (Lipinski definition) is 1. The molecule has 0 amide bonds. The van der Waals surface area contributed by atoms with E-state index in [0.29, 0.717) is 17.1 Å². The molecule has 0 spiro atoms. The van der Waals surface area contributed by atoms with E-state index < -0.39 is 0 Å². The first-order valence-electron chi connectivity index (χ1n) is 6.59. The summed E-state index contributed by atoms with van der Waals surface area (Å²) >= 11 is 0. The second kappa shape index (κ2) is 5.43. The zero-order valence-corrected chi connectivity index (χ0v) is 12.0. The van der Waals surface area contributed by atoms with Crippen LogP contribution in [0.15, 0.2) is 28.8 Å². The van der Waals surface area contributed by atoms with E-state index in [1.165, 1.54) is 0 Å². The molecule has 19 heavy (non-hydrogen) atoms. The van der Waals surface area contributed by atoms with Crippen molar-refractivity contribution in [3.8, 4) is 11.5 Å². The quantitative estimate of drug-likeness (QED) is 0.905. The van der Waals surface area contributed by atoms with E-state index in [2.05, 4.69) is 36.2 Å². The first kappa shape index (κ1) is 13.6. The van der Waals surface area contributed by atoms with Crippen LogP contribution < -0.4 is 5.32 Å². The van der Waals surface area contributed by atoms with Gasteiger partial charge in [-0.15, -0.1) is 0 Å². The third-order valence-corrected chi connectivity index (χ3v) is 2.88. The molecule has 4 nitrogen and oxygen atoms in total. The topological polar surface area (TPSA) is 51.0 Å². The van der Waals surface area contributed by atoms with Crippen LogP contribution in [-0.2, 0) is 0 Å². The molecule has 1 heterocycles. The van der Waals surface area contributed by atoms with Crippen LogP contribution in [0.25, 0.3) is 11.5 Å². The van der Waals surface area contributed by atoms with Crippen molar-refractivity contribution in [1.29, 1.82) is 0 Å². The maximum absolute atomic E-state index is 5.24. The van der Waals surface area contributed by atoms with Crippen molar-refractivity contribution in [3.05, 3.63) is 30.1 Å². The molecule has 0 saturated carbocycles. The predicted octanol–water partition coefficient (Wildman–Crippen LogP) is 3.89. The van der Waals surface area contributed by atoms with Gasteiger partial charge in [-0.3, -0.25) is 0 Å². The molecule has 0 atom stereocenters. The van der Waals surface area contributed by atoms with Crippen molar-refractivity contribution < 1.29 is 4.52 Å². The smallest absolute Gasteiger partial charge is 0.260 e. The molecule has 0 aliphatic rings. The first-order chi connectivity index (χ1) is 8.96. The van der Waals surface area contributed by atoms with E-state index in [1.54, 1.807) is 0 Å². The Morgan fingerprint density at radius 1 is 1.21 bits per heavy atom. The Labute approximate surface area is 114 Å². The third-order valence-electron chi connectivity index (χ3n) is 2.88. The fraction of sp³-hybridized carbons (Fsp3) is 0.467. The van der Waals surface area contributed by atoms with Crippen molar-refractivity contribution in [2.75, 3.05) is 11.9 Å². The number of hydrogen-bond acceptors (Lipinski definition) is 4. The number of nitrogens with zero attached hydrogens (tertiary/aromatic N) is 2. The van der Waals surface area contributed by atoms with Crippen LogP contribution in [0.4, 0.5) is 5.69 Å². The van der Waals surface area contributed by atoms with Crippen LogP contribution in [0, 0.1) is 12.3 Å². The SMILES string of the molecule is Cc1noc(-c2ccccc2NCCC(C)(C)C)n1. The van der Waals surface area contributed by atoms with Crippen molar-refractivity contribution in [3.63, 3.8) is 0 Å². The van der Waals surface area contributed by atoms with Gasteiger partial charge in [0.15, 0.2) is 5.82 Å². The molecular weight excluding hydrogens is 238 g/mol. The molecular formula is C15H21N3O. The lowest BCUT2D eigenvalue weighted by atomic mass is 9.92. The normalized spacial score (nSPS) is 11.6. The standard InChI is InChI=1S/C15H21N3O/c1-11-17-14(19-18-11)12-7-5-6-8-13(12)16-10-9-15(2,3)4/h5-8,16H,9-10H2,1-4H3. The summed E-state index contributed by atoms with van der Waals surface area (Å²) in [6.07, 6.45) is 1.10. The highest BCUT2D eigenvalue weighted by Gasteiger charge is 2.13. The molecule has 1 aromatic carbocycles. The molecule has 0 fully saturated rings. The highest BCUT2D eigenvalue weighted by molar-refractivity contribution is 5.72. The molecule has 0 saturated heterocycles. The van der Waals surface area contributed by atoms with Crippen molar-refractivity contribution in [2.24, 2.45) is 5.41 Å². The molecule has 4 heteroatoms. The molecule has 1 aromatic heterocycles. The Morgan fingerprint density at radius 3 is 2.58 bits per heavy atom. The van der Waals surface area contributed by atoms with Gasteiger partial charge in [-0.25, -0.2) is 0 Å². The Bertz CT molecular complexity index is 540. The Kier molecular flexibility index (Phi) is 3.88. The number of benzene rings is 1. The van der Waals surface area contributed by atoms with Crippen molar-refractivity contribution >= 4 is 5.69 Å². The molecule has 102 valence electrons. The summed E-state index contributed by atoms with van der Waals surface area (Å²) in [5.41, 5.74) is 2.32. The van der Waals surface area contributed by atoms with Crippen LogP contribution in [0.5, 0.6) is 0 Å². The number of nitrogens with one attached hydrogen (secondary N) is 1. The second-order valence-corrected chi connectivity index (χ2v) is 5.93. The van der Waals surface area contributed by atoms with Gasteiger partial charge < -0.3 is 9.84 Å². The minimum absolute atomic E-state index is 0.322. The van der Waals surface area contributed by atoms with Gasteiger partial charge in [0.2, 0.25) is 0 Å². The second-order valence-electron chi connectivity index (χ2n) is 5.93. The molecule has 0 unspecified atom stereocenters. The highest BCUT2D eigenvalue weighted by Crippen LogP contribution is 2.27. The fourth-order valence-electron chi connectivity index (χ4n) is 1.80. The predicted molar refractivity (Wildman–Crippen MR) is 77.0 cm³/mol. The minimum Gasteiger partial charge on any atom is -0.384 e. The van der Waals surface area contributed by atoms with Crippen molar-refractivity contribution in [2.45, 2.75) is 34.1 Å². The first-order valence-corrected chi connectivity index (χ1v) is 6.59. The van der Waals surface area contributed by atoms with Gasteiger partial charge in [0.25, 0.3) is 5.89 Å². The average molecular weight is 259 g/mol. The van der Waals surface area contributed by atoms with Gasteiger partial charge in [0, 0.05) is 12.2 Å². The largest absolute Gasteiger partial charge is 0.384 e. The van der Waals surface area contributed by atoms with Gasteiger partial charge in [0.1, 0.15) is 0 Å². The van der Waals surface area contributed by atoms with E-state index in [1.807, 2.05) is 31.2 Å². The minimum atomic E-state index is 0.322. The third kappa shape index (κ3) is 3.81. The van der Waals surface area contributed by atoms with Gasteiger partial charge in [0.05, 0.1) is 5.56 Å². The Balaban J connectivity index is 2.13. The maximum Gasteiger partial charge on any atom is 0.260 e. The molecule has 0 bridgehead atoms. The highest BCUT2D eigenvalue weighted by atomic mass is 16.5. The molecule has 0 aliphatic carbocycles. The van der Waals surface area contributed by atoms with E-state index >= 15 is 0 Å². The molecule has 0 radical (unpaired) electrons. The number of rotatable bonds is 4. The fourth-order valence-corrected chi connectivity index (χ4v) is 1.80. The molecule has 1 N–H and O–H groups in total. The summed E-state index contributed by atoms with van der Waals surface area (Å²) in [6, 6.07) is 8.01. The van der Waals surface area contributed by atoms with Gasteiger partial charge >= 0.3 is 0 Å². The summed E-state index contributed by atoms with van der Waals surface area (Å²) in [6.45, 7) is 9.46. The summed E-state index contributed by atoms with van der Waals surface area (Å²) < 4.78 is 5.24. The lowest BCUT2D eigenvalue weighted by Crippen LogP contribution is -2.13. The molecule has 0 aliphatic heterocycles. The van der Waals surface area contributed by atoms with Gasteiger partial charge in [-0.05, 0) is 30.9 Å². The van der Waals surface area contributed by atoms with Crippen LogP contribution in [0.2, 0.25) is 0 Å². The number of para-hydroxylation sites is 1. The molecule has 2 rings (SSSR count). The van der Waals surface area contributed by atoms with Gasteiger partial charge in [-0.1, -0.05) is 38.1 Å². The lowest BCUT2D eigenvalue weighted by Gasteiger charge is -2.19. The van der Waals surface area contributed by atoms with Crippen LogP contribution in [0.1, 0.15) is 33.0 Å². The Morgan fingerprint density at radius 2 is 1.95 bits per heavy atom. The van der Waals surface area contributed by atoms with Gasteiger partial charge in [-0.2, -0.15) is 4.98 Å². The maximum atomic E-state index is 5.24. The number of anilines is 1. The van der Waals surface area contributed by atoms with E-state index in [9.17, 15) is 0 Å². The number of aromatic nitrogens is 2. The van der Waals surface area contributed by atoms with E-state index in [4.69, 9.17) is 4.52 Å². The zero-order valence-electron chi connectivity index (χ0n) is 12.0. The van der Waals surface area contributed by atoms with Crippen molar-refractivity contribution in [1.82, 2.24) is 10.1 Å². The van der Waals surface area contributed by atoms with Crippen LogP contribution in [-0.4, -0.2) is 16.7 Å². The average Bonchev–Trinajstić information content (AvgIpc) is 2.75. The Hall–Kier alpha value is -1.84. The number of aryl methyl sites for hydroxylation is 1. The van der Waals surface area contributed by atoms with E-state index in [0.717, 1.165) is 24.2 Å². The van der Waals surface area contributed by atoms with Crippen LogP contribution >= 0.6 is 0 Å². The summed E-state index contributed by atoms with van der Waals surface area (Å²) in [7, 11) is 0. The zero-order chi connectivity index (χ0) is 13.9. The summed E-state index contributed by atoms with van der Waals surface area (Å²) in [4.78, 5) is 4.28. The summed E-state index contributed by atoms with van der Waals surface area (Å²) in [5, 5.41) is 7.29. The molecule has 2 aromatic rings.